The molecule has 0 saturated heterocycles. The predicted octanol–water partition coefficient (Wildman–Crippen LogP) is 2.52. The SMILES string of the molecule is CCOC(=O)Cc1c(C)oc2cc(C)cc(OC)c2c1=O. The van der Waals surface area contributed by atoms with Gasteiger partial charge in [-0.15, -0.1) is 0 Å². The van der Waals surface area contributed by atoms with Gasteiger partial charge in [-0.05, 0) is 38.5 Å². The number of ether oxygens (including phenoxy) is 2. The van der Waals surface area contributed by atoms with Crippen LogP contribution >= 0.6 is 0 Å². The Labute approximate surface area is 122 Å². The van der Waals surface area contributed by atoms with Gasteiger partial charge in [-0.1, -0.05) is 0 Å². The van der Waals surface area contributed by atoms with Gasteiger partial charge in [-0.25, -0.2) is 0 Å². The van der Waals surface area contributed by atoms with Crippen molar-refractivity contribution < 1.29 is 18.7 Å². The minimum atomic E-state index is -0.446. The van der Waals surface area contributed by atoms with Crippen LogP contribution in [0.3, 0.4) is 0 Å². The summed E-state index contributed by atoms with van der Waals surface area (Å²) in [6.07, 6.45) is -0.102. The van der Waals surface area contributed by atoms with Gasteiger partial charge in [-0.3, -0.25) is 9.59 Å². The first-order valence-electron chi connectivity index (χ1n) is 6.74. The van der Waals surface area contributed by atoms with Crippen molar-refractivity contribution >= 4 is 16.9 Å². The molecule has 0 saturated carbocycles. The number of carbonyl (C=O) groups is 1. The van der Waals surface area contributed by atoms with E-state index in [0.717, 1.165) is 5.56 Å². The largest absolute Gasteiger partial charge is 0.496 e. The molecule has 21 heavy (non-hydrogen) atoms. The van der Waals surface area contributed by atoms with Crippen LogP contribution in [-0.4, -0.2) is 19.7 Å². The molecule has 2 rings (SSSR count). The van der Waals surface area contributed by atoms with Crippen LogP contribution in [-0.2, 0) is 16.0 Å². The van der Waals surface area contributed by atoms with Crippen molar-refractivity contribution in [2.75, 3.05) is 13.7 Å². The molecule has 5 heteroatoms. The van der Waals surface area contributed by atoms with Gasteiger partial charge in [0, 0.05) is 5.56 Å². The third kappa shape index (κ3) is 2.91. The Morgan fingerprint density at radius 2 is 2.00 bits per heavy atom. The number of fused-ring (bicyclic) bond motifs is 1. The molecule has 0 N–H and O–H groups in total. The average Bonchev–Trinajstić information content (AvgIpc) is 2.42. The zero-order valence-corrected chi connectivity index (χ0v) is 12.6. The summed E-state index contributed by atoms with van der Waals surface area (Å²) in [5, 5.41) is 0.355. The average molecular weight is 290 g/mol. The van der Waals surface area contributed by atoms with Gasteiger partial charge in [0.2, 0.25) is 0 Å². The van der Waals surface area contributed by atoms with E-state index in [1.165, 1.54) is 7.11 Å². The van der Waals surface area contributed by atoms with Crippen LogP contribution in [0.5, 0.6) is 5.75 Å². The highest BCUT2D eigenvalue weighted by molar-refractivity contribution is 5.86. The summed E-state index contributed by atoms with van der Waals surface area (Å²) in [4.78, 5) is 24.3. The molecule has 0 aliphatic heterocycles. The minimum absolute atomic E-state index is 0.102. The van der Waals surface area contributed by atoms with Gasteiger partial charge in [-0.2, -0.15) is 0 Å². The van der Waals surface area contributed by atoms with Crippen LogP contribution in [0.15, 0.2) is 21.3 Å². The van der Waals surface area contributed by atoms with E-state index >= 15 is 0 Å². The maximum Gasteiger partial charge on any atom is 0.310 e. The fourth-order valence-electron chi connectivity index (χ4n) is 2.28. The van der Waals surface area contributed by atoms with Crippen LogP contribution in [0.25, 0.3) is 11.0 Å². The summed E-state index contributed by atoms with van der Waals surface area (Å²) >= 11 is 0. The lowest BCUT2D eigenvalue weighted by molar-refractivity contribution is -0.142. The molecule has 0 amide bonds. The molecule has 112 valence electrons. The van der Waals surface area contributed by atoms with Crippen molar-refractivity contribution in [2.45, 2.75) is 27.2 Å². The summed E-state index contributed by atoms with van der Waals surface area (Å²) in [7, 11) is 1.50. The van der Waals surface area contributed by atoms with E-state index in [0.29, 0.717) is 28.0 Å². The number of carbonyl (C=O) groups excluding carboxylic acids is 1. The number of aryl methyl sites for hydroxylation is 2. The molecule has 1 aromatic carbocycles. The molecular formula is C16H18O5. The number of hydrogen-bond acceptors (Lipinski definition) is 5. The van der Waals surface area contributed by atoms with E-state index in [2.05, 4.69) is 0 Å². The zero-order chi connectivity index (χ0) is 15.6. The second-order valence-corrected chi connectivity index (χ2v) is 4.79. The lowest BCUT2D eigenvalue weighted by Crippen LogP contribution is -2.18. The molecule has 0 radical (unpaired) electrons. The number of benzene rings is 1. The number of methoxy groups -OCH3 is 1. The first kappa shape index (κ1) is 15.1. The second kappa shape index (κ2) is 5.99. The van der Waals surface area contributed by atoms with Crippen LogP contribution in [0.2, 0.25) is 0 Å². The fourth-order valence-corrected chi connectivity index (χ4v) is 2.28. The first-order valence-corrected chi connectivity index (χ1v) is 6.74. The van der Waals surface area contributed by atoms with E-state index in [-0.39, 0.29) is 18.5 Å². The monoisotopic (exact) mass is 290 g/mol. The quantitative estimate of drug-likeness (QED) is 0.809. The van der Waals surface area contributed by atoms with Gasteiger partial charge < -0.3 is 13.9 Å². The number of hydrogen-bond donors (Lipinski definition) is 0. The minimum Gasteiger partial charge on any atom is -0.496 e. The fraction of sp³-hybridized carbons (Fsp3) is 0.375. The smallest absolute Gasteiger partial charge is 0.310 e. The Hall–Kier alpha value is -2.30. The van der Waals surface area contributed by atoms with Crippen LogP contribution in [0, 0.1) is 13.8 Å². The molecule has 0 unspecified atom stereocenters. The molecule has 0 atom stereocenters. The van der Waals surface area contributed by atoms with Gasteiger partial charge in [0.15, 0.2) is 5.43 Å². The summed E-state index contributed by atoms with van der Waals surface area (Å²) in [5.74, 6) is 0.426. The highest BCUT2D eigenvalue weighted by atomic mass is 16.5. The summed E-state index contributed by atoms with van der Waals surface area (Å²) < 4.78 is 15.8. The molecule has 1 aromatic heterocycles. The van der Waals surface area contributed by atoms with Crippen molar-refractivity contribution in [3.63, 3.8) is 0 Å². The normalized spacial score (nSPS) is 10.7. The zero-order valence-electron chi connectivity index (χ0n) is 12.6. The topological polar surface area (TPSA) is 65.7 Å². The van der Waals surface area contributed by atoms with Crippen molar-refractivity contribution in [1.29, 1.82) is 0 Å². The van der Waals surface area contributed by atoms with E-state index in [4.69, 9.17) is 13.9 Å². The number of esters is 1. The Balaban J connectivity index is 2.66. The second-order valence-electron chi connectivity index (χ2n) is 4.79. The first-order chi connectivity index (χ1) is 9.97. The molecule has 1 heterocycles. The van der Waals surface area contributed by atoms with Gasteiger partial charge in [0.25, 0.3) is 0 Å². The third-order valence-corrected chi connectivity index (χ3v) is 3.25. The maximum atomic E-state index is 12.6. The molecule has 0 aliphatic carbocycles. The Morgan fingerprint density at radius 3 is 2.62 bits per heavy atom. The van der Waals surface area contributed by atoms with Crippen molar-refractivity contribution in [3.05, 3.63) is 39.2 Å². The van der Waals surface area contributed by atoms with E-state index in [1.807, 2.05) is 6.92 Å². The molecule has 0 bridgehead atoms. The lowest BCUT2D eigenvalue weighted by atomic mass is 10.1. The maximum absolute atomic E-state index is 12.6. The summed E-state index contributed by atoms with van der Waals surface area (Å²) in [6, 6.07) is 3.54. The van der Waals surface area contributed by atoms with Crippen molar-refractivity contribution in [3.8, 4) is 5.75 Å². The Kier molecular flexibility index (Phi) is 4.31. The highest BCUT2D eigenvalue weighted by Gasteiger charge is 2.18. The van der Waals surface area contributed by atoms with Gasteiger partial charge in [0.1, 0.15) is 22.5 Å². The van der Waals surface area contributed by atoms with Crippen LogP contribution < -0.4 is 10.2 Å². The standard InChI is InChI=1S/C16H18O5/c1-5-20-14(17)8-11-10(3)21-13-7-9(2)6-12(19-4)15(13)16(11)18/h6-7H,5,8H2,1-4H3. The Bertz CT molecular complexity index is 742. The van der Waals surface area contributed by atoms with E-state index < -0.39 is 5.97 Å². The van der Waals surface area contributed by atoms with Crippen LogP contribution in [0.1, 0.15) is 23.8 Å². The highest BCUT2D eigenvalue weighted by Crippen LogP contribution is 2.26. The molecule has 0 fully saturated rings. The molecule has 5 nitrogen and oxygen atoms in total. The summed E-state index contributed by atoms with van der Waals surface area (Å²) in [5.41, 5.74) is 1.45. The van der Waals surface area contributed by atoms with E-state index in [9.17, 15) is 9.59 Å². The third-order valence-electron chi connectivity index (χ3n) is 3.25. The molecular weight excluding hydrogens is 272 g/mol. The number of rotatable bonds is 4. The van der Waals surface area contributed by atoms with E-state index in [1.54, 1.807) is 26.0 Å². The van der Waals surface area contributed by atoms with Crippen molar-refractivity contribution in [1.82, 2.24) is 0 Å². The van der Waals surface area contributed by atoms with Gasteiger partial charge in [0.05, 0.1) is 20.1 Å². The van der Waals surface area contributed by atoms with Crippen molar-refractivity contribution in [2.24, 2.45) is 0 Å². The van der Waals surface area contributed by atoms with Crippen LogP contribution in [0.4, 0.5) is 0 Å². The Morgan fingerprint density at radius 1 is 1.29 bits per heavy atom. The van der Waals surface area contributed by atoms with Gasteiger partial charge >= 0.3 is 5.97 Å². The molecule has 0 spiro atoms. The summed E-state index contributed by atoms with van der Waals surface area (Å²) in [6.45, 7) is 5.56. The lowest BCUT2D eigenvalue weighted by Gasteiger charge is -2.10. The molecule has 2 aromatic rings. The molecule has 0 aliphatic rings. The predicted molar refractivity (Wildman–Crippen MR) is 78.8 cm³/mol.